The second kappa shape index (κ2) is 11.1. The van der Waals surface area contributed by atoms with E-state index in [9.17, 15) is 4.79 Å². The summed E-state index contributed by atoms with van der Waals surface area (Å²) in [6.45, 7) is 0.435. The molecule has 0 saturated carbocycles. The largest absolute Gasteiger partial charge is 0.495 e. The van der Waals surface area contributed by atoms with Gasteiger partial charge in [-0.15, -0.1) is 0 Å². The number of hydrogen-bond acceptors (Lipinski definition) is 4. The number of rotatable bonds is 8. The number of benzene rings is 2. The number of thiocarbonyl (C=S) groups is 1. The average Bonchev–Trinajstić information content (AvgIpc) is 3.52. The molecule has 2 aromatic carbocycles. The summed E-state index contributed by atoms with van der Waals surface area (Å²) in [5.41, 5.74) is 3.61. The zero-order chi connectivity index (χ0) is 25.8. The molecule has 7 nitrogen and oxygen atoms in total. The van der Waals surface area contributed by atoms with E-state index in [1.807, 2.05) is 66.9 Å². The van der Waals surface area contributed by atoms with Crippen LogP contribution in [0.3, 0.4) is 0 Å². The number of para-hydroxylation sites is 2. The summed E-state index contributed by atoms with van der Waals surface area (Å²) < 4.78 is 8.52. The summed E-state index contributed by atoms with van der Waals surface area (Å²) in [7, 11) is 1.59. The number of aromatic nitrogens is 2. The van der Waals surface area contributed by atoms with Gasteiger partial charge in [0, 0.05) is 41.2 Å². The predicted octanol–water partition coefficient (Wildman–Crippen LogP) is 5.64. The van der Waals surface area contributed by atoms with E-state index in [1.165, 1.54) is 0 Å². The van der Waals surface area contributed by atoms with Crippen molar-refractivity contribution in [2.45, 2.75) is 18.5 Å². The van der Waals surface area contributed by atoms with Crippen LogP contribution in [0.15, 0.2) is 95.7 Å². The predicted molar refractivity (Wildman–Crippen MR) is 152 cm³/mol. The van der Waals surface area contributed by atoms with Crippen molar-refractivity contribution in [1.29, 1.82) is 0 Å². The van der Waals surface area contributed by atoms with E-state index < -0.39 is 0 Å². The van der Waals surface area contributed by atoms with Gasteiger partial charge in [0.15, 0.2) is 5.11 Å². The number of carbonyl (C=O) groups excluding carboxylic acids is 1. The van der Waals surface area contributed by atoms with E-state index in [-0.39, 0.29) is 24.4 Å². The maximum Gasteiger partial charge on any atom is 0.226 e. The van der Waals surface area contributed by atoms with Crippen LogP contribution in [0.5, 0.6) is 5.75 Å². The molecule has 0 unspecified atom stereocenters. The van der Waals surface area contributed by atoms with Crippen LogP contribution in [0.1, 0.15) is 29.9 Å². The van der Waals surface area contributed by atoms with Gasteiger partial charge in [0.05, 0.1) is 30.6 Å². The zero-order valence-corrected chi connectivity index (χ0v) is 22.6. The molecule has 2 N–H and O–H groups in total. The van der Waals surface area contributed by atoms with Crippen LogP contribution in [0.2, 0.25) is 0 Å². The third-order valence-electron chi connectivity index (χ3n) is 6.33. The number of nitrogens with zero attached hydrogens (tertiary/aromatic N) is 3. The summed E-state index contributed by atoms with van der Waals surface area (Å²) in [4.78, 5) is 19.6. The van der Waals surface area contributed by atoms with Gasteiger partial charge in [-0.3, -0.25) is 9.78 Å². The Hall–Kier alpha value is -3.69. The summed E-state index contributed by atoms with van der Waals surface area (Å²) in [6.07, 6.45) is 4.08. The average molecular weight is 577 g/mol. The molecule has 1 amide bonds. The van der Waals surface area contributed by atoms with E-state index in [2.05, 4.69) is 59.2 Å². The van der Waals surface area contributed by atoms with Gasteiger partial charge < -0.3 is 24.8 Å². The molecule has 2 atom stereocenters. The third-order valence-corrected chi connectivity index (χ3v) is 7.17. The Morgan fingerprint density at radius 3 is 2.73 bits per heavy atom. The first kappa shape index (κ1) is 25.0. The SMILES string of the molecule is COc1ccccc1NC(=O)CCN1C(=S)N[C@H](c2ccccn2)[C@H]1c1cccn1-c1cccc(Br)c1. The number of ether oxygens (including phenoxy) is 1. The van der Waals surface area contributed by atoms with Crippen molar-refractivity contribution in [3.05, 3.63) is 107 Å². The Morgan fingerprint density at radius 2 is 1.95 bits per heavy atom. The fourth-order valence-corrected chi connectivity index (χ4v) is 5.37. The lowest BCUT2D eigenvalue weighted by atomic mass is 10.0. The minimum absolute atomic E-state index is 0.116. The highest BCUT2D eigenvalue weighted by atomic mass is 79.9. The van der Waals surface area contributed by atoms with E-state index in [0.717, 1.165) is 21.5 Å². The Bertz CT molecular complexity index is 1410. The van der Waals surface area contributed by atoms with Crippen molar-refractivity contribution in [2.24, 2.45) is 0 Å². The molecule has 0 spiro atoms. The Morgan fingerprint density at radius 1 is 1.11 bits per heavy atom. The van der Waals surface area contributed by atoms with Crippen LogP contribution < -0.4 is 15.4 Å². The Labute approximate surface area is 229 Å². The molecule has 0 bridgehead atoms. The lowest BCUT2D eigenvalue weighted by molar-refractivity contribution is -0.116. The molecule has 0 radical (unpaired) electrons. The summed E-state index contributed by atoms with van der Waals surface area (Å²) >= 11 is 9.37. The summed E-state index contributed by atoms with van der Waals surface area (Å²) in [5.74, 6) is 0.504. The monoisotopic (exact) mass is 575 g/mol. The fourth-order valence-electron chi connectivity index (χ4n) is 4.65. The highest BCUT2D eigenvalue weighted by Gasteiger charge is 2.41. The van der Waals surface area contributed by atoms with Gasteiger partial charge in [0.2, 0.25) is 5.91 Å². The molecule has 0 aliphatic carbocycles. The smallest absolute Gasteiger partial charge is 0.226 e. The van der Waals surface area contributed by atoms with Crippen LogP contribution in [0.4, 0.5) is 5.69 Å². The topological polar surface area (TPSA) is 71.4 Å². The highest BCUT2D eigenvalue weighted by molar-refractivity contribution is 9.10. The normalized spacial score (nSPS) is 16.9. The van der Waals surface area contributed by atoms with Crippen molar-refractivity contribution < 1.29 is 9.53 Å². The first-order valence-electron chi connectivity index (χ1n) is 11.9. The quantitative estimate of drug-likeness (QED) is 0.265. The van der Waals surface area contributed by atoms with Crippen molar-refractivity contribution in [1.82, 2.24) is 19.8 Å². The van der Waals surface area contributed by atoms with Crippen molar-refractivity contribution in [3.8, 4) is 11.4 Å². The van der Waals surface area contributed by atoms with Crippen molar-refractivity contribution in [2.75, 3.05) is 19.0 Å². The minimum Gasteiger partial charge on any atom is -0.495 e. The van der Waals surface area contributed by atoms with Crippen LogP contribution in [0, 0.1) is 0 Å². The number of methoxy groups -OCH3 is 1. The number of hydrogen-bond donors (Lipinski definition) is 2. The van der Waals surface area contributed by atoms with Gasteiger partial charge in [-0.2, -0.15) is 0 Å². The second-order valence-electron chi connectivity index (χ2n) is 8.60. The molecule has 2 aromatic heterocycles. The molecule has 1 saturated heterocycles. The van der Waals surface area contributed by atoms with E-state index >= 15 is 0 Å². The standard InChI is InChI=1S/C28H26BrN5O2S/c1-36-24-13-3-2-10-21(24)31-25(35)14-17-34-27(26(32-28(34)37)22-11-4-5-15-30-22)23-12-7-16-33(23)20-9-6-8-19(29)18-20/h2-13,15-16,18,26-27H,14,17H2,1H3,(H,31,35)(H,32,37)/t26-,27-/m1/s1. The number of nitrogens with one attached hydrogen (secondary N) is 2. The van der Waals surface area contributed by atoms with Gasteiger partial charge >= 0.3 is 0 Å². The summed E-state index contributed by atoms with van der Waals surface area (Å²) in [5, 5.41) is 7.01. The fraction of sp³-hybridized carbons (Fsp3) is 0.179. The molecule has 1 aliphatic heterocycles. The molecular formula is C28H26BrN5O2S. The van der Waals surface area contributed by atoms with Crippen molar-refractivity contribution in [3.63, 3.8) is 0 Å². The molecule has 3 heterocycles. The molecule has 1 fully saturated rings. The van der Waals surface area contributed by atoms with Crippen LogP contribution in [-0.4, -0.2) is 39.1 Å². The number of anilines is 1. The van der Waals surface area contributed by atoms with E-state index in [4.69, 9.17) is 17.0 Å². The van der Waals surface area contributed by atoms with E-state index in [1.54, 1.807) is 13.3 Å². The van der Waals surface area contributed by atoms with Gasteiger partial charge in [-0.1, -0.05) is 40.2 Å². The lowest BCUT2D eigenvalue weighted by Crippen LogP contribution is -2.33. The number of pyridine rings is 1. The maximum absolute atomic E-state index is 12.9. The Balaban J connectivity index is 1.44. The lowest BCUT2D eigenvalue weighted by Gasteiger charge is -2.29. The molecule has 1 aliphatic rings. The van der Waals surface area contributed by atoms with Gasteiger partial charge in [-0.05, 0) is 66.8 Å². The van der Waals surface area contributed by atoms with Crippen molar-refractivity contribution >= 4 is 44.9 Å². The van der Waals surface area contributed by atoms with Crippen LogP contribution >= 0.6 is 28.1 Å². The van der Waals surface area contributed by atoms with E-state index in [0.29, 0.717) is 23.1 Å². The van der Waals surface area contributed by atoms with Crippen LogP contribution in [0.25, 0.3) is 5.69 Å². The zero-order valence-electron chi connectivity index (χ0n) is 20.2. The number of carbonyl (C=O) groups is 1. The molecule has 4 aromatic rings. The Kier molecular flexibility index (Phi) is 7.52. The highest BCUT2D eigenvalue weighted by Crippen LogP contribution is 2.39. The maximum atomic E-state index is 12.9. The van der Waals surface area contributed by atoms with Gasteiger partial charge in [0.1, 0.15) is 5.75 Å². The molecular weight excluding hydrogens is 550 g/mol. The second-order valence-corrected chi connectivity index (χ2v) is 9.90. The molecule has 188 valence electrons. The van der Waals surface area contributed by atoms with Gasteiger partial charge in [-0.25, -0.2) is 0 Å². The first-order valence-corrected chi connectivity index (χ1v) is 13.1. The number of halogens is 1. The summed E-state index contributed by atoms with van der Waals surface area (Å²) in [6, 6.07) is 25.2. The number of amides is 1. The van der Waals surface area contributed by atoms with Crippen LogP contribution in [-0.2, 0) is 4.79 Å². The molecule has 37 heavy (non-hydrogen) atoms. The first-order chi connectivity index (χ1) is 18.0. The third kappa shape index (κ3) is 5.38. The molecule has 5 rings (SSSR count). The van der Waals surface area contributed by atoms with Gasteiger partial charge in [0.25, 0.3) is 0 Å². The molecule has 9 heteroatoms. The minimum atomic E-state index is -0.174.